The molecule has 1 N–H and O–H groups in total. The van der Waals surface area contributed by atoms with Crippen molar-refractivity contribution >= 4 is 23.6 Å². The van der Waals surface area contributed by atoms with E-state index < -0.39 is 5.97 Å². The van der Waals surface area contributed by atoms with Crippen LogP contribution in [0.25, 0.3) is 6.08 Å². The highest BCUT2D eigenvalue weighted by molar-refractivity contribution is 6.06. The van der Waals surface area contributed by atoms with Crippen molar-refractivity contribution in [2.45, 2.75) is 32.6 Å². The molecule has 136 valence electrons. The molecule has 0 radical (unpaired) electrons. The van der Waals surface area contributed by atoms with Gasteiger partial charge in [0.05, 0.1) is 18.4 Å². The van der Waals surface area contributed by atoms with Crippen LogP contribution in [0.5, 0.6) is 0 Å². The maximum Gasteiger partial charge on any atom is 0.339 e. The van der Waals surface area contributed by atoms with Crippen molar-refractivity contribution in [2.24, 2.45) is 0 Å². The molecule has 0 aliphatic heterocycles. The number of hydrogen-bond acceptors (Lipinski definition) is 3. The van der Waals surface area contributed by atoms with Crippen molar-refractivity contribution in [3.63, 3.8) is 0 Å². The number of hydrogen-bond donors (Lipinski definition) is 1. The third kappa shape index (κ3) is 5.88. The maximum absolute atomic E-state index is 12.1. The van der Waals surface area contributed by atoms with E-state index in [1.807, 2.05) is 12.1 Å². The minimum atomic E-state index is -0.483. The van der Waals surface area contributed by atoms with E-state index in [1.54, 1.807) is 30.3 Å². The molecule has 0 spiro atoms. The van der Waals surface area contributed by atoms with Gasteiger partial charge in [-0.3, -0.25) is 4.79 Å². The Balaban J connectivity index is 1.96. The largest absolute Gasteiger partial charge is 0.465 e. The first-order chi connectivity index (χ1) is 12.6. The predicted molar refractivity (Wildman–Crippen MR) is 105 cm³/mol. The second-order valence-electron chi connectivity index (χ2n) is 6.06. The number of para-hydroxylation sites is 1. The maximum atomic E-state index is 12.1. The lowest BCUT2D eigenvalue weighted by Gasteiger charge is -2.07. The fourth-order valence-electron chi connectivity index (χ4n) is 2.60. The Labute approximate surface area is 154 Å². The summed E-state index contributed by atoms with van der Waals surface area (Å²) >= 11 is 0. The number of aryl methyl sites for hydroxylation is 1. The zero-order valence-corrected chi connectivity index (χ0v) is 15.3. The number of esters is 1. The van der Waals surface area contributed by atoms with E-state index in [9.17, 15) is 9.59 Å². The molecule has 0 heterocycles. The average molecular weight is 351 g/mol. The van der Waals surface area contributed by atoms with Crippen LogP contribution in [-0.2, 0) is 16.0 Å². The van der Waals surface area contributed by atoms with Crippen LogP contribution in [0.15, 0.2) is 54.6 Å². The van der Waals surface area contributed by atoms with E-state index in [1.165, 1.54) is 38.0 Å². The number of carbonyl (C=O) groups is 2. The topological polar surface area (TPSA) is 55.4 Å². The van der Waals surface area contributed by atoms with Crippen LogP contribution in [0.3, 0.4) is 0 Å². The summed E-state index contributed by atoms with van der Waals surface area (Å²) in [6, 6.07) is 15.0. The highest BCUT2D eigenvalue weighted by Crippen LogP contribution is 2.16. The van der Waals surface area contributed by atoms with Crippen LogP contribution in [0.4, 0.5) is 5.69 Å². The van der Waals surface area contributed by atoms with Crippen LogP contribution >= 0.6 is 0 Å². The Morgan fingerprint density at radius 3 is 2.46 bits per heavy atom. The SMILES string of the molecule is CCCCCc1ccc(C=CC(=O)Nc2ccccc2C(=O)OC)cc1. The van der Waals surface area contributed by atoms with Gasteiger partial charge in [0.25, 0.3) is 0 Å². The second kappa shape index (κ2) is 10.2. The molecule has 2 aromatic rings. The minimum absolute atomic E-state index is 0.298. The molecular formula is C22H25NO3. The number of amides is 1. The molecule has 2 rings (SSSR count). The number of unbranched alkanes of at least 4 members (excludes halogenated alkanes) is 2. The molecule has 0 unspecified atom stereocenters. The quantitative estimate of drug-likeness (QED) is 0.420. The Kier molecular flexibility index (Phi) is 7.62. The standard InChI is InChI=1S/C22H25NO3/c1-3-4-5-8-17-11-13-18(14-12-17)15-16-21(24)23-20-10-7-6-9-19(20)22(25)26-2/h6-7,9-16H,3-5,8H2,1-2H3,(H,23,24). The number of methoxy groups -OCH3 is 1. The molecule has 4 nitrogen and oxygen atoms in total. The molecule has 0 saturated heterocycles. The third-order valence-electron chi connectivity index (χ3n) is 4.07. The summed E-state index contributed by atoms with van der Waals surface area (Å²) in [5.41, 5.74) is 3.03. The fraction of sp³-hybridized carbons (Fsp3) is 0.273. The molecule has 2 aromatic carbocycles. The van der Waals surface area contributed by atoms with Crippen LogP contribution in [0, 0.1) is 0 Å². The van der Waals surface area contributed by atoms with Crippen LogP contribution in [0.1, 0.15) is 47.7 Å². The van der Waals surface area contributed by atoms with Gasteiger partial charge in [-0.2, -0.15) is 0 Å². The summed E-state index contributed by atoms with van der Waals surface area (Å²) in [6.45, 7) is 2.20. The number of carbonyl (C=O) groups excluding carboxylic acids is 2. The van der Waals surface area contributed by atoms with Gasteiger partial charge < -0.3 is 10.1 Å². The highest BCUT2D eigenvalue weighted by atomic mass is 16.5. The van der Waals surface area contributed by atoms with Gasteiger partial charge >= 0.3 is 5.97 Å². The van der Waals surface area contributed by atoms with Gasteiger partial charge in [-0.1, -0.05) is 56.2 Å². The van der Waals surface area contributed by atoms with Crippen molar-refractivity contribution in [2.75, 3.05) is 12.4 Å². The summed E-state index contributed by atoms with van der Waals surface area (Å²) in [6.07, 6.45) is 7.96. The van der Waals surface area contributed by atoms with E-state index in [4.69, 9.17) is 4.74 Å². The Hall–Kier alpha value is -2.88. The highest BCUT2D eigenvalue weighted by Gasteiger charge is 2.11. The normalized spacial score (nSPS) is 10.7. The van der Waals surface area contributed by atoms with Gasteiger partial charge in [-0.15, -0.1) is 0 Å². The molecule has 4 heteroatoms. The molecule has 0 saturated carbocycles. The van der Waals surface area contributed by atoms with E-state index in [-0.39, 0.29) is 5.91 Å². The van der Waals surface area contributed by atoms with Crippen molar-refractivity contribution < 1.29 is 14.3 Å². The first-order valence-electron chi connectivity index (χ1n) is 8.89. The van der Waals surface area contributed by atoms with Gasteiger partial charge in [0.2, 0.25) is 5.91 Å². The summed E-state index contributed by atoms with van der Waals surface area (Å²) in [5.74, 6) is -0.781. The van der Waals surface area contributed by atoms with Gasteiger partial charge in [0.1, 0.15) is 0 Å². The number of rotatable bonds is 8. The zero-order valence-electron chi connectivity index (χ0n) is 15.3. The lowest BCUT2D eigenvalue weighted by molar-refractivity contribution is -0.111. The minimum Gasteiger partial charge on any atom is -0.465 e. The van der Waals surface area contributed by atoms with Gasteiger partial charge in [0.15, 0.2) is 0 Å². The molecule has 0 aliphatic carbocycles. The van der Waals surface area contributed by atoms with E-state index in [0.717, 1.165) is 12.0 Å². The Morgan fingerprint density at radius 1 is 1.04 bits per heavy atom. The lowest BCUT2D eigenvalue weighted by Crippen LogP contribution is -2.12. The van der Waals surface area contributed by atoms with E-state index in [0.29, 0.717) is 11.3 Å². The Morgan fingerprint density at radius 2 is 1.77 bits per heavy atom. The fourth-order valence-corrected chi connectivity index (χ4v) is 2.60. The zero-order chi connectivity index (χ0) is 18.8. The second-order valence-corrected chi connectivity index (χ2v) is 6.06. The lowest BCUT2D eigenvalue weighted by atomic mass is 10.1. The van der Waals surface area contributed by atoms with Crippen LogP contribution in [0.2, 0.25) is 0 Å². The van der Waals surface area contributed by atoms with E-state index in [2.05, 4.69) is 24.4 Å². The molecule has 0 atom stereocenters. The number of ether oxygens (including phenoxy) is 1. The monoisotopic (exact) mass is 351 g/mol. The molecule has 0 aromatic heterocycles. The smallest absolute Gasteiger partial charge is 0.339 e. The van der Waals surface area contributed by atoms with Crippen molar-refractivity contribution in [3.05, 3.63) is 71.3 Å². The van der Waals surface area contributed by atoms with Crippen molar-refractivity contribution in [3.8, 4) is 0 Å². The summed E-state index contributed by atoms with van der Waals surface area (Å²) in [5, 5.41) is 2.72. The van der Waals surface area contributed by atoms with Crippen molar-refractivity contribution in [1.82, 2.24) is 0 Å². The van der Waals surface area contributed by atoms with Crippen LogP contribution in [-0.4, -0.2) is 19.0 Å². The summed E-state index contributed by atoms with van der Waals surface area (Å²) in [4.78, 5) is 23.9. The molecule has 1 amide bonds. The predicted octanol–water partition coefficient (Wildman–Crippen LogP) is 4.86. The molecule has 0 fully saturated rings. The van der Waals surface area contributed by atoms with E-state index >= 15 is 0 Å². The average Bonchev–Trinajstić information content (AvgIpc) is 2.67. The molecule has 0 bridgehead atoms. The molecular weight excluding hydrogens is 326 g/mol. The van der Waals surface area contributed by atoms with Gasteiger partial charge in [0, 0.05) is 6.08 Å². The number of nitrogens with one attached hydrogen (secondary N) is 1. The summed E-state index contributed by atoms with van der Waals surface area (Å²) < 4.78 is 4.73. The summed E-state index contributed by atoms with van der Waals surface area (Å²) in [7, 11) is 1.31. The molecule has 0 aliphatic rings. The number of anilines is 1. The third-order valence-corrected chi connectivity index (χ3v) is 4.07. The van der Waals surface area contributed by atoms with Gasteiger partial charge in [-0.25, -0.2) is 4.79 Å². The first-order valence-corrected chi connectivity index (χ1v) is 8.89. The number of benzene rings is 2. The van der Waals surface area contributed by atoms with Gasteiger partial charge in [-0.05, 0) is 42.2 Å². The van der Waals surface area contributed by atoms with Crippen molar-refractivity contribution in [1.29, 1.82) is 0 Å². The first kappa shape index (κ1) is 19.4. The van der Waals surface area contributed by atoms with Crippen LogP contribution < -0.4 is 5.32 Å². The Bertz CT molecular complexity index is 763. The molecule has 26 heavy (non-hydrogen) atoms.